The van der Waals surface area contributed by atoms with Crippen molar-refractivity contribution >= 4 is 16.1 Å². The first-order chi connectivity index (χ1) is 5.31. The average molecular weight is 195 g/mol. The number of amides is 2. The van der Waals surface area contributed by atoms with Crippen LogP contribution in [-0.2, 0) is 10.0 Å². The number of rotatable bonds is 3. The second kappa shape index (κ2) is 4.27. The topological polar surface area (TPSA) is 87.3 Å². The number of carbonyl (C=O) groups excluding carboxylic acids is 1. The van der Waals surface area contributed by atoms with Crippen molar-refractivity contribution in [1.82, 2.24) is 15.6 Å². The van der Waals surface area contributed by atoms with Crippen LogP contribution in [0.25, 0.3) is 0 Å². The molecule has 0 spiro atoms. The van der Waals surface area contributed by atoms with Crippen LogP contribution >= 0.6 is 0 Å². The molecule has 0 atom stereocenters. The fourth-order valence-electron chi connectivity index (χ4n) is 0.437. The number of sulfonamides is 1. The molecule has 0 aliphatic rings. The lowest BCUT2D eigenvalue weighted by Crippen LogP contribution is -2.48. The van der Waals surface area contributed by atoms with E-state index in [1.807, 2.05) is 10.3 Å². The summed E-state index contributed by atoms with van der Waals surface area (Å²) in [5.41, 5.74) is 1.97. The number of carbonyl (C=O) groups is 1. The van der Waals surface area contributed by atoms with Gasteiger partial charge in [0.05, 0.1) is 6.26 Å². The van der Waals surface area contributed by atoms with Crippen LogP contribution in [0.5, 0.6) is 0 Å². The van der Waals surface area contributed by atoms with Gasteiger partial charge in [0.1, 0.15) is 0 Å². The summed E-state index contributed by atoms with van der Waals surface area (Å²) in [7, 11) is -3.38. The molecule has 0 aliphatic heterocycles. The zero-order valence-electron chi connectivity index (χ0n) is 7.21. The monoisotopic (exact) mass is 195 g/mol. The van der Waals surface area contributed by atoms with Crippen LogP contribution in [0.4, 0.5) is 4.79 Å². The van der Waals surface area contributed by atoms with E-state index in [1.165, 1.54) is 0 Å². The van der Waals surface area contributed by atoms with Gasteiger partial charge in [-0.15, -0.1) is 4.83 Å². The van der Waals surface area contributed by atoms with E-state index in [9.17, 15) is 13.2 Å². The van der Waals surface area contributed by atoms with Crippen molar-refractivity contribution < 1.29 is 13.2 Å². The van der Waals surface area contributed by atoms with Gasteiger partial charge in [-0.1, -0.05) is 0 Å². The molecule has 0 aromatic rings. The highest BCUT2D eigenvalue weighted by Crippen LogP contribution is 1.75. The summed E-state index contributed by atoms with van der Waals surface area (Å²) in [5, 5.41) is 2.44. The van der Waals surface area contributed by atoms with E-state index in [1.54, 1.807) is 13.8 Å². The van der Waals surface area contributed by atoms with E-state index in [-0.39, 0.29) is 6.04 Å². The number of hydrazine groups is 1. The Morgan fingerprint density at radius 1 is 1.33 bits per heavy atom. The SMILES string of the molecule is CC(C)NC(=O)NNS(C)(=O)=O. The standard InChI is InChI=1S/C5H13N3O3S/c1-4(2)6-5(9)7-8-12(3,10)11/h4,8H,1-3H3,(H2,6,7,9). The van der Waals surface area contributed by atoms with Crippen molar-refractivity contribution in [3.05, 3.63) is 0 Å². The molecule has 0 radical (unpaired) electrons. The van der Waals surface area contributed by atoms with Gasteiger partial charge in [-0.2, -0.15) is 0 Å². The van der Waals surface area contributed by atoms with Gasteiger partial charge in [0.15, 0.2) is 0 Å². The Bertz CT molecular complexity index is 247. The first-order valence-corrected chi connectivity index (χ1v) is 5.23. The Kier molecular flexibility index (Phi) is 3.98. The second-order valence-corrected chi connectivity index (χ2v) is 4.38. The van der Waals surface area contributed by atoms with E-state index in [0.29, 0.717) is 0 Å². The molecule has 0 saturated carbocycles. The van der Waals surface area contributed by atoms with E-state index in [2.05, 4.69) is 5.32 Å². The van der Waals surface area contributed by atoms with Gasteiger partial charge >= 0.3 is 6.03 Å². The molecule has 0 aliphatic carbocycles. The Labute approximate surface area is 71.7 Å². The Morgan fingerprint density at radius 2 is 1.83 bits per heavy atom. The van der Waals surface area contributed by atoms with E-state index in [0.717, 1.165) is 6.26 Å². The Hall–Kier alpha value is -0.820. The van der Waals surface area contributed by atoms with Gasteiger partial charge < -0.3 is 5.32 Å². The Balaban J connectivity index is 3.73. The van der Waals surface area contributed by atoms with Crippen LogP contribution in [0.3, 0.4) is 0 Å². The second-order valence-electron chi connectivity index (χ2n) is 2.63. The first kappa shape index (κ1) is 11.2. The lowest BCUT2D eigenvalue weighted by atomic mass is 10.4. The minimum Gasteiger partial charge on any atom is -0.335 e. The zero-order chi connectivity index (χ0) is 9.78. The van der Waals surface area contributed by atoms with Crippen molar-refractivity contribution in [2.24, 2.45) is 0 Å². The molecule has 0 heterocycles. The van der Waals surface area contributed by atoms with Gasteiger partial charge in [0.25, 0.3) is 0 Å². The molecule has 3 N–H and O–H groups in total. The van der Waals surface area contributed by atoms with Gasteiger partial charge in [0.2, 0.25) is 10.0 Å². The van der Waals surface area contributed by atoms with Gasteiger partial charge in [-0.25, -0.2) is 13.2 Å². The maximum atomic E-state index is 10.8. The van der Waals surface area contributed by atoms with Crippen molar-refractivity contribution in [2.75, 3.05) is 6.26 Å². The summed E-state index contributed by atoms with van der Waals surface area (Å²) >= 11 is 0. The van der Waals surface area contributed by atoms with Crippen LogP contribution in [0.1, 0.15) is 13.8 Å². The fraction of sp³-hybridized carbons (Fsp3) is 0.800. The van der Waals surface area contributed by atoms with E-state index >= 15 is 0 Å². The average Bonchev–Trinajstić information content (AvgIpc) is 1.80. The van der Waals surface area contributed by atoms with Crippen molar-refractivity contribution in [2.45, 2.75) is 19.9 Å². The van der Waals surface area contributed by atoms with Crippen LogP contribution in [0.2, 0.25) is 0 Å². The molecular formula is C5H13N3O3S. The highest BCUT2D eigenvalue weighted by atomic mass is 32.2. The number of nitrogens with one attached hydrogen (secondary N) is 3. The smallest absolute Gasteiger partial charge is 0.330 e. The number of hydrogen-bond donors (Lipinski definition) is 3. The quantitative estimate of drug-likeness (QED) is 0.513. The van der Waals surface area contributed by atoms with Crippen LogP contribution in [-0.4, -0.2) is 26.7 Å². The van der Waals surface area contributed by atoms with Gasteiger partial charge in [0, 0.05) is 6.04 Å². The lowest BCUT2D eigenvalue weighted by Gasteiger charge is -2.09. The van der Waals surface area contributed by atoms with Crippen molar-refractivity contribution in [1.29, 1.82) is 0 Å². The lowest BCUT2D eigenvalue weighted by molar-refractivity contribution is 0.237. The van der Waals surface area contributed by atoms with Crippen molar-refractivity contribution in [3.8, 4) is 0 Å². The van der Waals surface area contributed by atoms with E-state index < -0.39 is 16.1 Å². The number of hydrogen-bond acceptors (Lipinski definition) is 3. The largest absolute Gasteiger partial charge is 0.335 e. The minimum absolute atomic E-state index is 0.0358. The molecule has 0 aromatic carbocycles. The third-order valence-electron chi connectivity index (χ3n) is 0.770. The zero-order valence-corrected chi connectivity index (χ0v) is 8.03. The summed E-state index contributed by atoms with van der Waals surface area (Å²) in [6.45, 7) is 3.53. The first-order valence-electron chi connectivity index (χ1n) is 3.34. The molecule has 0 aromatic heterocycles. The molecule has 0 fully saturated rings. The summed E-state index contributed by atoms with van der Waals surface area (Å²) < 4.78 is 20.9. The molecule has 0 saturated heterocycles. The molecule has 72 valence electrons. The highest BCUT2D eigenvalue weighted by Gasteiger charge is 2.04. The van der Waals surface area contributed by atoms with Crippen molar-refractivity contribution in [3.63, 3.8) is 0 Å². The third kappa shape index (κ3) is 7.29. The van der Waals surface area contributed by atoms with Crippen LogP contribution in [0.15, 0.2) is 0 Å². The summed E-state index contributed by atoms with van der Waals surface area (Å²) in [6, 6.07) is -0.609. The fourth-order valence-corrected chi connectivity index (χ4v) is 0.715. The normalized spacial score (nSPS) is 11.3. The molecule has 0 bridgehead atoms. The third-order valence-corrected chi connectivity index (χ3v) is 1.24. The molecule has 0 unspecified atom stereocenters. The number of urea groups is 1. The Morgan fingerprint density at radius 3 is 2.17 bits per heavy atom. The molecule has 2 amide bonds. The summed E-state index contributed by atoms with van der Waals surface area (Å²) in [4.78, 5) is 12.6. The minimum atomic E-state index is -3.38. The predicted molar refractivity (Wildman–Crippen MR) is 44.8 cm³/mol. The maximum absolute atomic E-state index is 10.8. The van der Waals surface area contributed by atoms with Crippen LogP contribution < -0.4 is 15.6 Å². The van der Waals surface area contributed by atoms with Crippen LogP contribution in [0, 0.1) is 0 Å². The summed E-state index contributed by atoms with van der Waals surface area (Å²) in [5.74, 6) is 0. The van der Waals surface area contributed by atoms with Gasteiger partial charge in [-0.3, -0.25) is 5.43 Å². The molecule has 6 nitrogen and oxygen atoms in total. The highest BCUT2D eigenvalue weighted by molar-refractivity contribution is 7.88. The molecule has 12 heavy (non-hydrogen) atoms. The van der Waals surface area contributed by atoms with E-state index in [4.69, 9.17) is 0 Å². The molecule has 7 heteroatoms. The maximum Gasteiger partial charge on any atom is 0.330 e. The predicted octanol–water partition coefficient (Wildman–Crippen LogP) is -0.842. The molecule has 0 rings (SSSR count). The summed E-state index contributed by atoms with van der Waals surface area (Å²) in [6.07, 6.45) is 0.947. The molecular weight excluding hydrogens is 182 g/mol. The van der Waals surface area contributed by atoms with Gasteiger partial charge in [-0.05, 0) is 13.8 Å².